The summed E-state index contributed by atoms with van der Waals surface area (Å²) < 4.78 is 28.0. The first-order valence-corrected chi connectivity index (χ1v) is 10.9. The van der Waals surface area contributed by atoms with Gasteiger partial charge < -0.3 is 10.3 Å². The van der Waals surface area contributed by atoms with Gasteiger partial charge in [0.05, 0.1) is 11.3 Å². The van der Waals surface area contributed by atoms with Crippen LogP contribution < -0.4 is 5.32 Å². The minimum atomic E-state index is -3.63. The molecule has 5 rings (SSSR count). The normalized spacial score (nSPS) is 18.9. The van der Waals surface area contributed by atoms with Crippen molar-refractivity contribution in [3.63, 3.8) is 0 Å². The number of aromatic nitrogens is 1. The molecule has 1 aliphatic heterocycles. The Labute approximate surface area is 163 Å². The third-order valence-electron chi connectivity index (χ3n) is 5.96. The molecule has 1 aromatic heterocycles. The van der Waals surface area contributed by atoms with Gasteiger partial charge in [-0.2, -0.15) is 4.31 Å². The summed E-state index contributed by atoms with van der Waals surface area (Å²) in [4.78, 5) is 15.3. The fourth-order valence-electron chi connectivity index (χ4n) is 4.39. The Morgan fingerprint density at radius 3 is 2.82 bits per heavy atom. The van der Waals surface area contributed by atoms with Gasteiger partial charge in [0.25, 0.3) is 0 Å². The topological polar surface area (TPSA) is 82.3 Å². The van der Waals surface area contributed by atoms with E-state index in [2.05, 4.69) is 22.4 Å². The number of nitrogens with one attached hydrogen (secondary N) is 2. The lowest BCUT2D eigenvalue weighted by atomic mass is 9.91. The molecule has 2 heterocycles. The molecule has 0 saturated carbocycles. The number of carbonyl (C=O) groups excluding carboxylic acids is 1. The molecule has 0 fully saturated rings. The zero-order valence-electron chi connectivity index (χ0n) is 15.5. The Morgan fingerprint density at radius 2 is 1.96 bits per heavy atom. The van der Waals surface area contributed by atoms with Crippen LogP contribution in [0, 0.1) is 0 Å². The molecule has 1 unspecified atom stereocenters. The molecule has 3 aromatic rings. The number of benzene rings is 2. The maximum atomic E-state index is 13.2. The molecule has 0 bridgehead atoms. The Kier molecular flexibility index (Phi) is 3.86. The highest BCUT2D eigenvalue weighted by Gasteiger charge is 2.33. The quantitative estimate of drug-likeness (QED) is 0.715. The number of carbonyl (C=O) groups is 1. The van der Waals surface area contributed by atoms with Gasteiger partial charge >= 0.3 is 0 Å². The van der Waals surface area contributed by atoms with Crippen molar-refractivity contribution in [2.45, 2.75) is 36.6 Å². The molecule has 1 atom stereocenters. The molecule has 0 radical (unpaired) electrons. The lowest BCUT2D eigenvalue weighted by Gasteiger charge is -2.30. The summed E-state index contributed by atoms with van der Waals surface area (Å²) in [6.45, 7) is 0. The number of likely N-dealkylation sites (N-methyl/N-ethyl adjacent to an activating group) is 1. The van der Waals surface area contributed by atoms with Crippen LogP contribution in [0.1, 0.15) is 23.2 Å². The smallest absolute Gasteiger partial charge is 0.243 e. The monoisotopic (exact) mass is 395 g/mol. The number of H-pyrrole nitrogens is 1. The van der Waals surface area contributed by atoms with E-state index in [0.29, 0.717) is 12.1 Å². The number of aryl methyl sites for hydroxylation is 1. The number of nitrogens with zero attached hydrogens (tertiary/aromatic N) is 1. The van der Waals surface area contributed by atoms with Gasteiger partial charge in [-0.3, -0.25) is 4.79 Å². The minimum Gasteiger partial charge on any atom is -0.358 e. The van der Waals surface area contributed by atoms with Crippen molar-refractivity contribution < 1.29 is 13.2 Å². The summed E-state index contributed by atoms with van der Waals surface area (Å²) in [6, 6.07) is 13.0. The number of para-hydroxylation sites is 1. The van der Waals surface area contributed by atoms with Gasteiger partial charge in [-0.1, -0.05) is 18.2 Å². The van der Waals surface area contributed by atoms with Crippen LogP contribution in [0.25, 0.3) is 10.9 Å². The average molecular weight is 395 g/mol. The van der Waals surface area contributed by atoms with Crippen molar-refractivity contribution in [1.29, 1.82) is 0 Å². The van der Waals surface area contributed by atoms with E-state index in [9.17, 15) is 13.2 Å². The number of sulfonamides is 1. The summed E-state index contributed by atoms with van der Waals surface area (Å²) in [6.07, 6.45) is 2.53. The highest BCUT2D eigenvalue weighted by Crippen LogP contribution is 2.33. The molecule has 2 aromatic carbocycles. The first-order chi connectivity index (χ1) is 13.4. The van der Waals surface area contributed by atoms with Crippen molar-refractivity contribution in [2.75, 3.05) is 12.4 Å². The molecule has 2 N–H and O–H groups in total. The number of rotatable bonds is 3. The molecular formula is C21H21N3O3S. The SMILES string of the molecule is CN(C1CCc2[nH]c3ccccc3c2C1)S(=O)(=O)c1ccc2c(c1)CC(=O)N2. The molecule has 1 amide bonds. The van der Waals surface area contributed by atoms with Crippen molar-refractivity contribution in [2.24, 2.45) is 0 Å². The lowest BCUT2D eigenvalue weighted by Crippen LogP contribution is -2.40. The first-order valence-electron chi connectivity index (χ1n) is 9.43. The Morgan fingerprint density at radius 1 is 1.14 bits per heavy atom. The predicted molar refractivity (Wildman–Crippen MR) is 108 cm³/mol. The van der Waals surface area contributed by atoms with E-state index < -0.39 is 10.0 Å². The van der Waals surface area contributed by atoms with Crippen LogP contribution in [0.2, 0.25) is 0 Å². The maximum absolute atomic E-state index is 13.2. The summed E-state index contributed by atoms with van der Waals surface area (Å²) >= 11 is 0. The van der Waals surface area contributed by atoms with Gasteiger partial charge in [0.15, 0.2) is 0 Å². The number of aromatic amines is 1. The molecule has 7 heteroatoms. The van der Waals surface area contributed by atoms with Crippen LogP contribution in [0.5, 0.6) is 0 Å². The fourth-order valence-corrected chi connectivity index (χ4v) is 5.83. The number of fused-ring (bicyclic) bond motifs is 4. The Hall–Kier alpha value is -2.64. The molecule has 6 nitrogen and oxygen atoms in total. The van der Waals surface area contributed by atoms with Gasteiger partial charge in [0.1, 0.15) is 0 Å². The number of amides is 1. The van der Waals surface area contributed by atoms with E-state index in [1.807, 2.05) is 12.1 Å². The minimum absolute atomic E-state index is 0.0929. The number of hydrogen-bond donors (Lipinski definition) is 2. The Bertz CT molecular complexity index is 1210. The summed E-state index contributed by atoms with van der Waals surface area (Å²) in [5.41, 5.74) is 4.98. The third-order valence-corrected chi connectivity index (χ3v) is 7.87. The Balaban J connectivity index is 1.45. The molecule has 144 valence electrons. The van der Waals surface area contributed by atoms with Crippen LogP contribution >= 0.6 is 0 Å². The second kappa shape index (κ2) is 6.18. The summed E-state index contributed by atoms with van der Waals surface area (Å²) in [5.74, 6) is -0.1000. The highest BCUT2D eigenvalue weighted by molar-refractivity contribution is 7.89. The van der Waals surface area contributed by atoms with E-state index in [1.165, 1.54) is 20.9 Å². The van der Waals surface area contributed by atoms with Crippen LogP contribution in [-0.4, -0.2) is 36.7 Å². The van der Waals surface area contributed by atoms with E-state index in [0.717, 1.165) is 23.9 Å². The van der Waals surface area contributed by atoms with Crippen molar-refractivity contribution in [1.82, 2.24) is 9.29 Å². The van der Waals surface area contributed by atoms with Crippen molar-refractivity contribution >= 4 is 32.5 Å². The van der Waals surface area contributed by atoms with Crippen molar-refractivity contribution in [3.8, 4) is 0 Å². The first kappa shape index (κ1) is 17.5. The molecule has 1 aliphatic carbocycles. The number of hydrogen-bond acceptors (Lipinski definition) is 3. The zero-order valence-corrected chi connectivity index (χ0v) is 16.3. The average Bonchev–Trinajstić information content (AvgIpc) is 3.25. The fraction of sp³-hybridized carbons (Fsp3) is 0.286. The molecule has 2 aliphatic rings. The van der Waals surface area contributed by atoms with Gasteiger partial charge in [-0.15, -0.1) is 0 Å². The largest absolute Gasteiger partial charge is 0.358 e. The lowest BCUT2D eigenvalue weighted by molar-refractivity contribution is -0.115. The molecular weight excluding hydrogens is 374 g/mol. The molecule has 0 saturated heterocycles. The van der Waals surface area contributed by atoms with E-state index >= 15 is 0 Å². The summed E-state index contributed by atoms with van der Waals surface area (Å²) in [7, 11) is -1.97. The second-order valence-corrected chi connectivity index (χ2v) is 9.59. The standard InChI is InChI=1S/C21H21N3O3S/c1-24(28(26,27)15-7-9-18-13(10-15)11-21(25)23-18)14-6-8-20-17(12-14)16-4-2-3-5-19(16)22-20/h2-5,7,9-10,14,22H,6,8,11-12H2,1H3,(H,23,25). The van der Waals surface area contributed by atoms with E-state index in [1.54, 1.807) is 25.2 Å². The second-order valence-electron chi connectivity index (χ2n) is 7.59. The molecule has 0 spiro atoms. The summed E-state index contributed by atoms with van der Waals surface area (Å²) in [5, 5.41) is 3.92. The third kappa shape index (κ3) is 2.65. The van der Waals surface area contributed by atoms with Crippen LogP contribution in [0.4, 0.5) is 5.69 Å². The molecule has 28 heavy (non-hydrogen) atoms. The predicted octanol–water partition coefficient (Wildman–Crippen LogP) is 2.84. The van der Waals surface area contributed by atoms with Crippen LogP contribution in [0.15, 0.2) is 47.4 Å². The van der Waals surface area contributed by atoms with Gasteiger partial charge in [0.2, 0.25) is 15.9 Å². The van der Waals surface area contributed by atoms with Gasteiger partial charge in [-0.05, 0) is 54.7 Å². The maximum Gasteiger partial charge on any atom is 0.243 e. The van der Waals surface area contributed by atoms with E-state index in [-0.39, 0.29) is 23.3 Å². The number of anilines is 1. The van der Waals surface area contributed by atoms with Crippen LogP contribution in [0.3, 0.4) is 0 Å². The van der Waals surface area contributed by atoms with E-state index in [4.69, 9.17) is 0 Å². The zero-order chi connectivity index (χ0) is 19.5. The highest BCUT2D eigenvalue weighted by atomic mass is 32.2. The van der Waals surface area contributed by atoms with Gasteiger partial charge in [0, 0.05) is 35.4 Å². The van der Waals surface area contributed by atoms with Gasteiger partial charge in [-0.25, -0.2) is 8.42 Å². The van der Waals surface area contributed by atoms with Crippen LogP contribution in [-0.2, 0) is 34.1 Å². The van der Waals surface area contributed by atoms with Crippen molar-refractivity contribution in [3.05, 3.63) is 59.3 Å².